The molecule has 6 nitrogen and oxygen atoms in total. The van der Waals surface area contributed by atoms with E-state index in [4.69, 9.17) is 0 Å². The van der Waals surface area contributed by atoms with Gasteiger partial charge in [-0.05, 0) is 55.5 Å². The first-order chi connectivity index (χ1) is 14.0. The number of aryl methyl sites for hydroxylation is 1. The highest BCUT2D eigenvalue weighted by atomic mass is 32.2. The van der Waals surface area contributed by atoms with E-state index in [0.29, 0.717) is 11.7 Å². The van der Waals surface area contributed by atoms with E-state index in [9.17, 15) is 8.42 Å². The Morgan fingerprint density at radius 2 is 1.79 bits per heavy atom. The molecular formula is C21H20N4O2S2. The summed E-state index contributed by atoms with van der Waals surface area (Å²) in [5.41, 5.74) is 4.24. The fraction of sp³-hybridized carbons (Fsp3) is 0.0952. The summed E-state index contributed by atoms with van der Waals surface area (Å²) in [7, 11) is -3.65. The van der Waals surface area contributed by atoms with Gasteiger partial charge in [0.15, 0.2) is 5.13 Å². The van der Waals surface area contributed by atoms with Crippen molar-refractivity contribution in [1.29, 1.82) is 0 Å². The van der Waals surface area contributed by atoms with Gasteiger partial charge in [0.25, 0.3) is 10.0 Å². The average Bonchev–Trinajstić information content (AvgIpc) is 3.39. The summed E-state index contributed by atoms with van der Waals surface area (Å²) in [6.07, 6.45) is 3.52. The van der Waals surface area contributed by atoms with Crippen LogP contribution in [-0.4, -0.2) is 18.0 Å². The number of hydrogen-bond donors (Lipinski definition) is 2. The van der Waals surface area contributed by atoms with E-state index in [1.807, 2.05) is 22.9 Å². The summed E-state index contributed by atoms with van der Waals surface area (Å²) in [4.78, 5) is 4.16. The van der Waals surface area contributed by atoms with Gasteiger partial charge in [0.05, 0.1) is 11.4 Å². The van der Waals surface area contributed by atoms with Crippen molar-refractivity contribution in [1.82, 2.24) is 9.55 Å². The molecule has 0 atom stereocenters. The molecule has 148 valence electrons. The summed E-state index contributed by atoms with van der Waals surface area (Å²) in [6.45, 7) is 2.72. The van der Waals surface area contributed by atoms with Crippen molar-refractivity contribution >= 4 is 32.2 Å². The summed E-state index contributed by atoms with van der Waals surface area (Å²) in [5.74, 6) is 0. The maximum atomic E-state index is 12.5. The SMILES string of the molecule is Cc1ccc(NCc2cccn2-c2ccc(S(=O)(=O)Nc3nccs3)cc2)cc1. The number of rotatable bonds is 7. The van der Waals surface area contributed by atoms with Crippen molar-refractivity contribution in [3.63, 3.8) is 0 Å². The lowest BCUT2D eigenvalue weighted by Gasteiger charge is -2.12. The monoisotopic (exact) mass is 424 g/mol. The maximum Gasteiger partial charge on any atom is 0.263 e. The van der Waals surface area contributed by atoms with Crippen molar-refractivity contribution in [2.75, 3.05) is 10.0 Å². The van der Waals surface area contributed by atoms with Crippen LogP contribution >= 0.6 is 11.3 Å². The van der Waals surface area contributed by atoms with E-state index in [2.05, 4.69) is 46.2 Å². The van der Waals surface area contributed by atoms with Gasteiger partial charge in [-0.3, -0.25) is 4.72 Å². The molecule has 0 fully saturated rings. The Kier molecular flexibility index (Phi) is 5.37. The molecule has 0 aliphatic carbocycles. The van der Waals surface area contributed by atoms with Gasteiger partial charge in [0, 0.05) is 34.8 Å². The number of aromatic nitrogens is 2. The van der Waals surface area contributed by atoms with Gasteiger partial charge in [-0.15, -0.1) is 11.3 Å². The standard InChI is InChI=1S/C21H20N4O2S2/c1-16-4-6-17(7-5-16)23-15-19-3-2-13-25(19)18-8-10-20(11-9-18)29(26,27)24-21-22-12-14-28-21/h2-14,23H,15H2,1H3,(H,22,24). The molecule has 0 saturated carbocycles. The Balaban J connectivity index is 1.49. The predicted octanol–water partition coefficient (Wildman–Crippen LogP) is 4.66. The van der Waals surface area contributed by atoms with Crippen LogP contribution in [0.25, 0.3) is 5.69 Å². The molecule has 2 N–H and O–H groups in total. The number of thiazole rings is 1. The minimum atomic E-state index is -3.65. The van der Waals surface area contributed by atoms with E-state index in [0.717, 1.165) is 17.1 Å². The molecule has 0 saturated heterocycles. The van der Waals surface area contributed by atoms with Crippen LogP contribution in [-0.2, 0) is 16.6 Å². The molecule has 0 bridgehead atoms. The maximum absolute atomic E-state index is 12.5. The highest BCUT2D eigenvalue weighted by molar-refractivity contribution is 7.93. The van der Waals surface area contributed by atoms with Crippen LogP contribution in [0.1, 0.15) is 11.3 Å². The summed E-state index contributed by atoms with van der Waals surface area (Å²) in [6, 6.07) is 19.1. The van der Waals surface area contributed by atoms with Crippen molar-refractivity contribution in [2.24, 2.45) is 0 Å². The molecule has 0 amide bonds. The molecule has 29 heavy (non-hydrogen) atoms. The summed E-state index contributed by atoms with van der Waals surface area (Å²) < 4.78 is 29.5. The van der Waals surface area contributed by atoms with Gasteiger partial charge in [0.1, 0.15) is 0 Å². The summed E-state index contributed by atoms with van der Waals surface area (Å²) >= 11 is 1.24. The van der Waals surface area contributed by atoms with Crippen LogP contribution in [0.3, 0.4) is 0 Å². The number of nitrogens with one attached hydrogen (secondary N) is 2. The highest BCUT2D eigenvalue weighted by Crippen LogP contribution is 2.21. The Morgan fingerprint density at radius 3 is 2.48 bits per heavy atom. The van der Waals surface area contributed by atoms with Crippen LogP contribution in [0.15, 0.2) is 83.3 Å². The first kappa shape index (κ1) is 19.2. The Bertz CT molecular complexity index is 1180. The second-order valence-corrected chi connectivity index (χ2v) is 9.10. The van der Waals surface area contributed by atoms with Gasteiger partial charge in [-0.2, -0.15) is 0 Å². The van der Waals surface area contributed by atoms with Gasteiger partial charge < -0.3 is 9.88 Å². The van der Waals surface area contributed by atoms with Crippen molar-refractivity contribution in [3.05, 3.63) is 89.7 Å². The fourth-order valence-electron chi connectivity index (χ4n) is 2.91. The lowest BCUT2D eigenvalue weighted by molar-refractivity contribution is 0.601. The van der Waals surface area contributed by atoms with E-state index in [1.54, 1.807) is 35.8 Å². The molecule has 0 unspecified atom stereocenters. The van der Waals surface area contributed by atoms with Gasteiger partial charge >= 0.3 is 0 Å². The first-order valence-corrected chi connectivity index (χ1v) is 11.4. The molecule has 2 aromatic heterocycles. The number of anilines is 2. The van der Waals surface area contributed by atoms with Crippen LogP contribution in [0.4, 0.5) is 10.8 Å². The molecular weight excluding hydrogens is 404 g/mol. The second-order valence-electron chi connectivity index (χ2n) is 6.53. The van der Waals surface area contributed by atoms with E-state index in [1.165, 1.54) is 16.9 Å². The smallest absolute Gasteiger partial charge is 0.263 e. The third-order valence-electron chi connectivity index (χ3n) is 4.44. The molecule has 0 aliphatic heterocycles. The lowest BCUT2D eigenvalue weighted by atomic mass is 10.2. The molecule has 8 heteroatoms. The topological polar surface area (TPSA) is 76.0 Å². The third kappa shape index (κ3) is 4.49. The molecule has 4 aromatic rings. The normalized spacial score (nSPS) is 11.3. The van der Waals surface area contributed by atoms with Gasteiger partial charge in [0.2, 0.25) is 0 Å². The predicted molar refractivity (Wildman–Crippen MR) is 117 cm³/mol. The van der Waals surface area contributed by atoms with Crippen LogP contribution in [0.2, 0.25) is 0 Å². The molecule has 0 aliphatic rings. The molecule has 2 aromatic carbocycles. The highest BCUT2D eigenvalue weighted by Gasteiger charge is 2.15. The minimum absolute atomic E-state index is 0.197. The quantitative estimate of drug-likeness (QED) is 0.453. The zero-order valence-corrected chi connectivity index (χ0v) is 17.4. The van der Waals surface area contributed by atoms with E-state index >= 15 is 0 Å². The molecule has 0 spiro atoms. The zero-order chi connectivity index (χ0) is 20.3. The van der Waals surface area contributed by atoms with E-state index < -0.39 is 10.0 Å². The lowest BCUT2D eigenvalue weighted by Crippen LogP contribution is -2.13. The largest absolute Gasteiger partial charge is 0.379 e. The van der Waals surface area contributed by atoms with Crippen LogP contribution < -0.4 is 10.0 Å². The number of benzene rings is 2. The van der Waals surface area contributed by atoms with Gasteiger partial charge in [-0.25, -0.2) is 13.4 Å². The third-order valence-corrected chi connectivity index (χ3v) is 6.61. The zero-order valence-electron chi connectivity index (χ0n) is 15.7. The van der Waals surface area contributed by atoms with Crippen LogP contribution in [0, 0.1) is 6.92 Å². The summed E-state index contributed by atoms with van der Waals surface area (Å²) in [5, 5.41) is 5.48. The molecule has 0 radical (unpaired) electrons. The van der Waals surface area contributed by atoms with Gasteiger partial charge in [-0.1, -0.05) is 17.7 Å². The van der Waals surface area contributed by atoms with E-state index in [-0.39, 0.29) is 4.90 Å². The Morgan fingerprint density at radius 1 is 1.03 bits per heavy atom. The first-order valence-electron chi connectivity index (χ1n) is 9.01. The van der Waals surface area contributed by atoms with Crippen LogP contribution in [0.5, 0.6) is 0 Å². The number of sulfonamides is 1. The Labute approximate surface area is 173 Å². The van der Waals surface area contributed by atoms with Crippen molar-refractivity contribution < 1.29 is 8.42 Å². The average molecular weight is 425 g/mol. The molecule has 4 rings (SSSR count). The Hall–Kier alpha value is -3.10. The number of nitrogens with zero attached hydrogens (tertiary/aromatic N) is 2. The molecule has 2 heterocycles. The minimum Gasteiger partial charge on any atom is -0.379 e. The number of hydrogen-bond acceptors (Lipinski definition) is 5. The fourth-order valence-corrected chi connectivity index (χ4v) is 4.70. The van der Waals surface area contributed by atoms with Crippen molar-refractivity contribution in [2.45, 2.75) is 18.4 Å². The van der Waals surface area contributed by atoms with Crippen molar-refractivity contribution in [3.8, 4) is 5.69 Å². The second kappa shape index (κ2) is 8.10.